The molecule has 13 heavy (non-hydrogen) atoms. The minimum atomic E-state index is -0.160. The van der Waals surface area contributed by atoms with Gasteiger partial charge < -0.3 is 4.74 Å². The van der Waals surface area contributed by atoms with Gasteiger partial charge >= 0.3 is 5.97 Å². The van der Waals surface area contributed by atoms with E-state index in [1.165, 1.54) is 0 Å². The van der Waals surface area contributed by atoms with Crippen LogP contribution >= 0.6 is 0 Å². The highest BCUT2D eigenvalue weighted by atomic mass is 16.5. The van der Waals surface area contributed by atoms with Crippen molar-refractivity contribution < 1.29 is 9.53 Å². The molecular formula is C11H13O2. The predicted octanol–water partition coefficient (Wildman–Crippen LogP) is 2.19. The van der Waals surface area contributed by atoms with Crippen LogP contribution in [0.2, 0.25) is 0 Å². The SMILES string of the molecule is CCC(=O)OC[CH]c1ccccc1. The number of carbonyl (C=O) groups is 1. The maximum absolute atomic E-state index is 10.8. The van der Waals surface area contributed by atoms with Crippen LogP contribution in [-0.2, 0) is 9.53 Å². The van der Waals surface area contributed by atoms with E-state index in [-0.39, 0.29) is 5.97 Å². The van der Waals surface area contributed by atoms with E-state index < -0.39 is 0 Å². The standard InChI is InChI=1S/C11H13O2/c1-2-11(12)13-9-8-10-6-4-3-5-7-10/h3-8H,2,9H2,1H3. The van der Waals surface area contributed by atoms with Crippen LogP contribution in [0.1, 0.15) is 18.9 Å². The van der Waals surface area contributed by atoms with Crippen LogP contribution in [0.5, 0.6) is 0 Å². The molecule has 0 amide bonds. The third kappa shape index (κ3) is 3.74. The predicted molar refractivity (Wildman–Crippen MR) is 51.1 cm³/mol. The fourth-order valence-corrected chi connectivity index (χ4v) is 0.922. The van der Waals surface area contributed by atoms with E-state index in [9.17, 15) is 4.79 Å². The van der Waals surface area contributed by atoms with E-state index in [0.29, 0.717) is 13.0 Å². The Kier molecular flexibility index (Phi) is 4.03. The second-order valence-corrected chi connectivity index (χ2v) is 2.65. The lowest BCUT2D eigenvalue weighted by Gasteiger charge is -2.02. The van der Waals surface area contributed by atoms with Gasteiger partial charge in [-0.2, -0.15) is 0 Å². The molecule has 0 N–H and O–H groups in total. The molecule has 0 fully saturated rings. The molecular weight excluding hydrogens is 164 g/mol. The molecule has 1 radical (unpaired) electrons. The van der Waals surface area contributed by atoms with Crippen molar-refractivity contribution in [3.8, 4) is 0 Å². The van der Waals surface area contributed by atoms with E-state index in [0.717, 1.165) is 5.56 Å². The van der Waals surface area contributed by atoms with Gasteiger partial charge in [-0.1, -0.05) is 37.3 Å². The lowest BCUT2D eigenvalue weighted by molar-refractivity contribution is -0.142. The molecule has 0 spiro atoms. The highest BCUT2D eigenvalue weighted by Crippen LogP contribution is 2.01. The highest BCUT2D eigenvalue weighted by molar-refractivity contribution is 5.68. The number of hydrogen-bond donors (Lipinski definition) is 0. The molecule has 1 aromatic rings. The lowest BCUT2D eigenvalue weighted by atomic mass is 10.2. The first-order valence-corrected chi connectivity index (χ1v) is 4.37. The molecule has 0 heterocycles. The minimum Gasteiger partial charge on any atom is -0.465 e. The van der Waals surface area contributed by atoms with Gasteiger partial charge in [0.2, 0.25) is 0 Å². The van der Waals surface area contributed by atoms with Crippen molar-refractivity contribution in [2.45, 2.75) is 13.3 Å². The molecule has 0 aliphatic rings. The summed E-state index contributed by atoms with van der Waals surface area (Å²) in [6.07, 6.45) is 2.32. The Morgan fingerprint density at radius 3 is 2.69 bits per heavy atom. The third-order valence-electron chi connectivity index (χ3n) is 1.65. The van der Waals surface area contributed by atoms with E-state index in [1.54, 1.807) is 6.92 Å². The quantitative estimate of drug-likeness (QED) is 0.659. The van der Waals surface area contributed by atoms with Crippen LogP contribution in [0.4, 0.5) is 0 Å². The molecule has 0 aliphatic heterocycles. The van der Waals surface area contributed by atoms with Crippen molar-refractivity contribution in [3.05, 3.63) is 42.3 Å². The zero-order chi connectivity index (χ0) is 9.52. The minimum absolute atomic E-state index is 0.160. The maximum atomic E-state index is 10.8. The Labute approximate surface area is 78.5 Å². The number of benzene rings is 1. The summed E-state index contributed by atoms with van der Waals surface area (Å²) in [5, 5.41) is 0. The molecule has 0 aliphatic carbocycles. The molecule has 1 rings (SSSR count). The molecule has 1 aromatic carbocycles. The van der Waals surface area contributed by atoms with Gasteiger partial charge in [0, 0.05) is 12.8 Å². The van der Waals surface area contributed by atoms with Gasteiger partial charge in [-0.3, -0.25) is 4.79 Å². The zero-order valence-corrected chi connectivity index (χ0v) is 7.69. The number of ether oxygens (including phenoxy) is 1. The average molecular weight is 177 g/mol. The largest absolute Gasteiger partial charge is 0.465 e. The molecule has 2 heteroatoms. The summed E-state index contributed by atoms with van der Waals surface area (Å²) in [7, 11) is 0. The second kappa shape index (κ2) is 5.36. The fourth-order valence-electron chi connectivity index (χ4n) is 0.922. The number of esters is 1. The molecule has 69 valence electrons. The smallest absolute Gasteiger partial charge is 0.305 e. The monoisotopic (exact) mass is 177 g/mol. The molecule has 0 bridgehead atoms. The van der Waals surface area contributed by atoms with Crippen molar-refractivity contribution in [2.75, 3.05) is 6.61 Å². The van der Waals surface area contributed by atoms with Gasteiger partial charge in [-0.15, -0.1) is 0 Å². The summed E-state index contributed by atoms with van der Waals surface area (Å²) in [4.78, 5) is 10.8. The summed E-state index contributed by atoms with van der Waals surface area (Å²) in [6.45, 7) is 2.14. The van der Waals surface area contributed by atoms with Crippen LogP contribution in [0.15, 0.2) is 30.3 Å². The molecule has 0 saturated heterocycles. The third-order valence-corrected chi connectivity index (χ3v) is 1.65. The van der Waals surface area contributed by atoms with Gasteiger partial charge in [-0.05, 0) is 5.56 Å². The summed E-state index contributed by atoms with van der Waals surface area (Å²) in [6, 6.07) is 9.80. The highest BCUT2D eigenvalue weighted by Gasteiger charge is 1.97. The van der Waals surface area contributed by atoms with Crippen molar-refractivity contribution in [3.63, 3.8) is 0 Å². The van der Waals surface area contributed by atoms with Gasteiger partial charge in [0.15, 0.2) is 0 Å². The fraction of sp³-hybridized carbons (Fsp3) is 0.273. The van der Waals surface area contributed by atoms with Crippen molar-refractivity contribution in [2.24, 2.45) is 0 Å². The number of hydrogen-bond acceptors (Lipinski definition) is 2. The molecule has 2 nitrogen and oxygen atoms in total. The van der Waals surface area contributed by atoms with E-state index >= 15 is 0 Å². The van der Waals surface area contributed by atoms with Crippen molar-refractivity contribution >= 4 is 5.97 Å². The van der Waals surface area contributed by atoms with Gasteiger partial charge in [0.1, 0.15) is 0 Å². The average Bonchev–Trinajstić information content (AvgIpc) is 2.19. The van der Waals surface area contributed by atoms with Crippen LogP contribution < -0.4 is 0 Å². The van der Waals surface area contributed by atoms with Crippen molar-refractivity contribution in [1.29, 1.82) is 0 Å². The molecule has 0 atom stereocenters. The summed E-state index contributed by atoms with van der Waals surface area (Å²) < 4.78 is 4.90. The second-order valence-electron chi connectivity index (χ2n) is 2.65. The Hall–Kier alpha value is -1.31. The van der Waals surface area contributed by atoms with Gasteiger partial charge in [0.05, 0.1) is 6.61 Å². The van der Waals surface area contributed by atoms with E-state index in [4.69, 9.17) is 4.74 Å². The van der Waals surface area contributed by atoms with Crippen LogP contribution in [0.3, 0.4) is 0 Å². The summed E-state index contributed by atoms with van der Waals surface area (Å²) in [5.41, 5.74) is 1.08. The topological polar surface area (TPSA) is 26.3 Å². The van der Waals surface area contributed by atoms with Crippen LogP contribution in [-0.4, -0.2) is 12.6 Å². The zero-order valence-electron chi connectivity index (χ0n) is 7.69. The van der Waals surface area contributed by atoms with Crippen molar-refractivity contribution in [1.82, 2.24) is 0 Å². The maximum Gasteiger partial charge on any atom is 0.305 e. The Balaban J connectivity index is 2.24. The van der Waals surface area contributed by atoms with Gasteiger partial charge in [-0.25, -0.2) is 0 Å². The normalized spacial score (nSPS) is 9.62. The Bertz CT molecular complexity index is 254. The molecule has 0 aromatic heterocycles. The van der Waals surface area contributed by atoms with Crippen LogP contribution in [0.25, 0.3) is 0 Å². The van der Waals surface area contributed by atoms with Gasteiger partial charge in [0.25, 0.3) is 0 Å². The summed E-state index contributed by atoms with van der Waals surface area (Å²) >= 11 is 0. The van der Waals surface area contributed by atoms with Crippen LogP contribution in [0, 0.1) is 6.42 Å². The number of carbonyl (C=O) groups excluding carboxylic acids is 1. The number of rotatable bonds is 4. The summed E-state index contributed by atoms with van der Waals surface area (Å²) in [5.74, 6) is -0.160. The Morgan fingerprint density at radius 1 is 1.38 bits per heavy atom. The Morgan fingerprint density at radius 2 is 2.08 bits per heavy atom. The van der Waals surface area contributed by atoms with E-state index in [1.807, 2.05) is 36.8 Å². The first-order valence-electron chi connectivity index (χ1n) is 4.37. The first kappa shape index (κ1) is 9.78. The lowest BCUT2D eigenvalue weighted by Crippen LogP contribution is -2.04. The molecule has 0 unspecified atom stereocenters. The molecule has 0 saturated carbocycles. The van der Waals surface area contributed by atoms with E-state index in [2.05, 4.69) is 0 Å². The first-order chi connectivity index (χ1) is 6.33.